The summed E-state index contributed by atoms with van der Waals surface area (Å²) in [5.41, 5.74) is 2.91. The number of carbonyl (C=O) groups is 4. The highest BCUT2D eigenvalue weighted by molar-refractivity contribution is 5.98. The normalized spacial score (nSPS) is 16.4. The molecule has 8 heteroatoms. The molecular formula is C31H33N3O5. The van der Waals surface area contributed by atoms with Crippen LogP contribution in [-0.2, 0) is 27.2 Å². The van der Waals surface area contributed by atoms with Crippen molar-refractivity contribution in [1.29, 1.82) is 0 Å². The van der Waals surface area contributed by atoms with Crippen LogP contribution in [0.5, 0.6) is 0 Å². The fourth-order valence-corrected chi connectivity index (χ4v) is 4.76. The highest BCUT2D eigenvalue weighted by Gasteiger charge is 2.43. The number of ether oxygens (including phenoxy) is 1. The molecule has 0 saturated carbocycles. The van der Waals surface area contributed by atoms with Crippen molar-refractivity contribution in [3.8, 4) is 0 Å². The maximum absolute atomic E-state index is 13.3. The molecule has 1 heterocycles. The number of esters is 1. The van der Waals surface area contributed by atoms with E-state index in [2.05, 4.69) is 10.6 Å². The molecule has 0 unspecified atom stereocenters. The third-order valence-corrected chi connectivity index (χ3v) is 6.95. The van der Waals surface area contributed by atoms with Gasteiger partial charge in [0.1, 0.15) is 0 Å². The second-order valence-corrected chi connectivity index (χ2v) is 9.55. The zero-order valence-electron chi connectivity index (χ0n) is 22.0. The maximum atomic E-state index is 13.3. The maximum Gasteiger partial charge on any atom is 0.337 e. The number of carbonyl (C=O) groups excluding carboxylic acids is 4. The number of nitrogens with zero attached hydrogens (tertiary/aromatic N) is 1. The summed E-state index contributed by atoms with van der Waals surface area (Å²) < 4.78 is 4.71. The standard InChI is InChI=1S/C31H33N3O5/c1-39-31(38)25-14-12-24(13-15-25)30(37)34-20-26(28(35)32-18-16-22-8-4-2-5-9-22)27(21-34)29(36)33-19-17-23-10-6-3-7-11-23/h2-15,26-27H,16-21H2,1H3,(H,32,35)(H,33,36)/t26-,27-/m1/s1. The number of rotatable bonds is 10. The zero-order valence-corrected chi connectivity index (χ0v) is 22.0. The number of likely N-dealkylation sites (tertiary alicyclic amines) is 1. The lowest BCUT2D eigenvalue weighted by Gasteiger charge is -2.17. The fourth-order valence-electron chi connectivity index (χ4n) is 4.76. The van der Waals surface area contributed by atoms with Gasteiger partial charge in [-0.3, -0.25) is 14.4 Å². The van der Waals surface area contributed by atoms with Gasteiger partial charge in [0.05, 0.1) is 24.5 Å². The summed E-state index contributed by atoms with van der Waals surface area (Å²) in [4.78, 5) is 53.0. The Labute approximate surface area is 228 Å². The second kappa shape index (κ2) is 13.4. The van der Waals surface area contributed by atoms with Gasteiger partial charge >= 0.3 is 5.97 Å². The lowest BCUT2D eigenvalue weighted by molar-refractivity contribution is -0.132. The summed E-state index contributed by atoms with van der Waals surface area (Å²) in [5, 5.41) is 5.91. The molecule has 1 aliphatic heterocycles. The van der Waals surface area contributed by atoms with Crippen LogP contribution in [0.3, 0.4) is 0 Å². The summed E-state index contributed by atoms with van der Waals surface area (Å²) in [6, 6.07) is 25.8. The topological polar surface area (TPSA) is 105 Å². The molecule has 1 saturated heterocycles. The molecule has 0 aromatic heterocycles. The highest BCUT2D eigenvalue weighted by Crippen LogP contribution is 2.26. The molecule has 0 bridgehead atoms. The number of hydrogen-bond donors (Lipinski definition) is 2. The Morgan fingerprint density at radius 1 is 0.692 bits per heavy atom. The molecule has 8 nitrogen and oxygen atoms in total. The van der Waals surface area contributed by atoms with Crippen molar-refractivity contribution in [1.82, 2.24) is 15.5 Å². The number of benzene rings is 3. The predicted octanol–water partition coefficient (Wildman–Crippen LogP) is 2.88. The minimum Gasteiger partial charge on any atom is -0.465 e. The van der Waals surface area contributed by atoms with Crippen molar-refractivity contribution in [3.63, 3.8) is 0 Å². The van der Waals surface area contributed by atoms with Crippen molar-refractivity contribution in [2.24, 2.45) is 11.8 Å². The van der Waals surface area contributed by atoms with E-state index >= 15 is 0 Å². The molecule has 3 aromatic carbocycles. The van der Waals surface area contributed by atoms with E-state index in [1.54, 1.807) is 12.1 Å². The van der Waals surface area contributed by atoms with Gasteiger partial charge in [0, 0.05) is 31.7 Å². The number of nitrogens with one attached hydrogen (secondary N) is 2. The van der Waals surface area contributed by atoms with Gasteiger partial charge in [0.2, 0.25) is 11.8 Å². The van der Waals surface area contributed by atoms with Crippen LogP contribution in [0.25, 0.3) is 0 Å². The van der Waals surface area contributed by atoms with Gasteiger partial charge in [-0.15, -0.1) is 0 Å². The summed E-state index contributed by atoms with van der Waals surface area (Å²) >= 11 is 0. The molecule has 2 N–H and O–H groups in total. The average molecular weight is 528 g/mol. The number of methoxy groups -OCH3 is 1. The van der Waals surface area contributed by atoms with E-state index in [1.807, 2.05) is 60.7 Å². The monoisotopic (exact) mass is 527 g/mol. The van der Waals surface area contributed by atoms with E-state index in [4.69, 9.17) is 4.74 Å². The van der Waals surface area contributed by atoms with Crippen LogP contribution in [0.2, 0.25) is 0 Å². The van der Waals surface area contributed by atoms with Gasteiger partial charge < -0.3 is 20.3 Å². The SMILES string of the molecule is COC(=O)c1ccc(C(=O)N2C[C@@H](C(=O)NCCc3ccccc3)[C@H](C(=O)NCCc3ccccc3)C2)cc1. The minimum absolute atomic E-state index is 0.130. The molecule has 1 fully saturated rings. The Bertz CT molecular complexity index is 1210. The Hall–Kier alpha value is -4.46. The molecule has 3 aromatic rings. The van der Waals surface area contributed by atoms with Crippen LogP contribution in [0.15, 0.2) is 84.9 Å². The first-order chi connectivity index (χ1) is 19.0. The van der Waals surface area contributed by atoms with Crippen LogP contribution >= 0.6 is 0 Å². The van der Waals surface area contributed by atoms with Crippen LogP contribution in [0.1, 0.15) is 31.8 Å². The number of hydrogen-bond acceptors (Lipinski definition) is 5. The molecule has 4 rings (SSSR count). The first-order valence-electron chi connectivity index (χ1n) is 13.1. The first-order valence-corrected chi connectivity index (χ1v) is 13.1. The third kappa shape index (κ3) is 7.31. The van der Waals surface area contributed by atoms with Crippen molar-refractivity contribution < 1.29 is 23.9 Å². The first kappa shape index (κ1) is 27.6. The largest absolute Gasteiger partial charge is 0.465 e. The molecule has 0 radical (unpaired) electrons. The lowest BCUT2D eigenvalue weighted by Crippen LogP contribution is -2.42. The van der Waals surface area contributed by atoms with Crippen molar-refractivity contribution in [3.05, 3.63) is 107 Å². The van der Waals surface area contributed by atoms with Gasteiger partial charge in [-0.1, -0.05) is 60.7 Å². The van der Waals surface area contributed by atoms with E-state index in [9.17, 15) is 19.2 Å². The Kier molecular flexibility index (Phi) is 9.45. The molecule has 0 aliphatic carbocycles. The molecule has 202 valence electrons. The highest BCUT2D eigenvalue weighted by atomic mass is 16.5. The van der Waals surface area contributed by atoms with Crippen molar-refractivity contribution in [2.75, 3.05) is 33.3 Å². The smallest absolute Gasteiger partial charge is 0.337 e. The van der Waals surface area contributed by atoms with Crippen molar-refractivity contribution in [2.45, 2.75) is 12.8 Å². The molecule has 1 aliphatic rings. The average Bonchev–Trinajstić information content (AvgIpc) is 3.43. The third-order valence-electron chi connectivity index (χ3n) is 6.95. The molecular weight excluding hydrogens is 494 g/mol. The van der Waals surface area contributed by atoms with E-state index in [-0.39, 0.29) is 30.8 Å². The number of amides is 3. The Balaban J connectivity index is 1.42. The lowest BCUT2D eigenvalue weighted by atomic mass is 9.94. The molecule has 2 atom stereocenters. The Morgan fingerprint density at radius 3 is 1.56 bits per heavy atom. The van der Waals surface area contributed by atoms with Gasteiger partial charge in [-0.25, -0.2) is 4.79 Å². The van der Waals surface area contributed by atoms with Gasteiger partial charge in [0.25, 0.3) is 5.91 Å². The van der Waals surface area contributed by atoms with Gasteiger partial charge in [-0.05, 0) is 48.2 Å². The van der Waals surface area contributed by atoms with E-state index < -0.39 is 17.8 Å². The molecule has 3 amide bonds. The van der Waals surface area contributed by atoms with Crippen molar-refractivity contribution >= 4 is 23.7 Å². The van der Waals surface area contributed by atoms with E-state index in [1.165, 1.54) is 24.1 Å². The summed E-state index contributed by atoms with van der Waals surface area (Å²) in [6.45, 7) is 1.13. The van der Waals surface area contributed by atoms with E-state index in [0.29, 0.717) is 37.1 Å². The zero-order chi connectivity index (χ0) is 27.6. The van der Waals surface area contributed by atoms with Gasteiger partial charge in [0.15, 0.2) is 0 Å². The minimum atomic E-state index is -0.671. The summed E-state index contributed by atoms with van der Waals surface area (Å²) in [5.74, 6) is -2.62. The van der Waals surface area contributed by atoms with Crippen LogP contribution in [-0.4, -0.2) is 61.9 Å². The van der Waals surface area contributed by atoms with Crippen LogP contribution < -0.4 is 10.6 Å². The molecule has 0 spiro atoms. The summed E-state index contributed by atoms with van der Waals surface area (Å²) in [6.07, 6.45) is 1.34. The van der Waals surface area contributed by atoms with Gasteiger partial charge in [-0.2, -0.15) is 0 Å². The fraction of sp³-hybridized carbons (Fsp3) is 0.290. The predicted molar refractivity (Wildman–Crippen MR) is 147 cm³/mol. The van der Waals surface area contributed by atoms with Crippen LogP contribution in [0.4, 0.5) is 0 Å². The molecule has 39 heavy (non-hydrogen) atoms. The van der Waals surface area contributed by atoms with Crippen LogP contribution in [0, 0.1) is 11.8 Å². The second-order valence-electron chi connectivity index (χ2n) is 9.55. The Morgan fingerprint density at radius 2 is 1.13 bits per heavy atom. The quantitative estimate of drug-likeness (QED) is 0.395. The van der Waals surface area contributed by atoms with E-state index in [0.717, 1.165) is 11.1 Å². The summed E-state index contributed by atoms with van der Waals surface area (Å²) in [7, 11) is 1.29.